The number of aryl methyl sites for hydroxylation is 1. The van der Waals surface area contributed by atoms with Crippen LogP contribution in [0.5, 0.6) is 5.75 Å². The van der Waals surface area contributed by atoms with E-state index in [9.17, 15) is 13.5 Å². The second-order valence-electron chi connectivity index (χ2n) is 4.14. The van der Waals surface area contributed by atoms with Gasteiger partial charge in [-0.3, -0.25) is 9.40 Å². The third-order valence-electron chi connectivity index (χ3n) is 2.69. The summed E-state index contributed by atoms with van der Waals surface area (Å²) in [5.41, 5.74) is 0.774. The first kappa shape index (κ1) is 14.4. The van der Waals surface area contributed by atoms with E-state index in [1.165, 1.54) is 36.2 Å². The lowest BCUT2D eigenvalue weighted by Crippen LogP contribution is -2.13. The van der Waals surface area contributed by atoms with Crippen molar-refractivity contribution in [3.8, 4) is 5.75 Å². The highest BCUT2D eigenvalue weighted by molar-refractivity contribution is 7.92. The van der Waals surface area contributed by atoms with Gasteiger partial charge < -0.3 is 9.84 Å². The van der Waals surface area contributed by atoms with Gasteiger partial charge in [0.15, 0.2) is 0 Å². The van der Waals surface area contributed by atoms with Crippen molar-refractivity contribution in [1.82, 2.24) is 9.78 Å². The number of methoxy groups -OCH3 is 1. The van der Waals surface area contributed by atoms with Gasteiger partial charge in [-0.25, -0.2) is 8.42 Å². The maximum absolute atomic E-state index is 12.2. The third-order valence-corrected chi connectivity index (χ3v) is 4.07. The first-order valence-corrected chi connectivity index (χ1v) is 7.24. The van der Waals surface area contributed by atoms with Crippen LogP contribution in [0, 0.1) is 0 Å². The number of benzene rings is 1. The molecule has 0 radical (unpaired) electrons. The number of rotatable bonds is 5. The van der Waals surface area contributed by atoms with Crippen LogP contribution in [-0.4, -0.2) is 30.4 Å². The van der Waals surface area contributed by atoms with Crippen LogP contribution >= 0.6 is 0 Å². The molecule has 2 rings (SSSR count). The lowest BCUT2D eigenvalue weighted by atomic mass is 10.2. The number of aliphatic hydroxyl groups is 1. The molecular weight excluding hydrogens is 282 g/mol. The Balaban J connectivity index is 2.34. The Hall–Kier alpha value is -2.06. The van der Waals surface area contributed by atoms with Crippen molar-refractivity contribution < 1.29 is 18.3 Å². The van der Waals surface area contributed by atoms with E-state index in [4.69, 9.17) is 4.74 Å². The fourth-order valence-electron chi connectivity index (χ4n) is 1.73. The first-order chi connectivity index (χ1) is 9.46. The Morgan fingerprint density at radius 2 is 2.20 bits per heavy atom. The van der Waals surface area contributed by atoms with Gasteiger partial charge in [0.2, 0.25) is 0 Å². The van der Waals surface area contributed by atoms with E-state index in [-0.39, 0.29) is 11.5 Å². The van der Waals surface area contributed by atoms with E-state index in [0.717, 1.165) is 0 Å². The Morgan fingerprint density at radius 1 is 1.45 bits per heavy atom. The van der Waals surface area contributed by atoms with E-state index in [1.54, 1.807) is 13.2 Å². The number of aromatic nitrogens is 2. The SMILES string of the molecule is COc1ccc(S(=O)(=O)Nc2cnn(C)c2)cc1CO. The van der Waals surface area contributed by atoms with Crippen molar-refractivity contribution in [2.24, 2.45) is 7.05 Å². The highest BCUT2D eigenvalue weighted by atomic mass is 32.2. The smallest absolute Gasteiger partial charge is 0.262 e. The lowest BCUT2D eigenvalue weighted by molar-refractivity contribution is 0.273. The molecule has 1 aromatic heterocycles. The monoisotopic (exact) mass is 297 g/mol. The largest absolute Gasteiger partial charge is 0.496 e. The van der Waals surface area contributed by atoms with Crippen LogP contribution in [0.2, 0.25) is 0 Å². The molecule has 0 atom stereocenters. The summed E-state index contributed by atoms with van der Waals surface area (Å²) >= 11 is 0. The third kappa shape index (κ3) is 2.91. The molecule has 0 aliphatic carbocycles. The Kier molecular flexibility index (Phi) is 3.96. The molecule has 0 aliphatic rings. The van der Waals surface area contributed by atoms with Gasteiger partial charge in [0.25, 0.3) is 10.0 Å². The van der Waals surface area contributed by atoms with Crippen LogP contribution < -0.4 is 9.46 Å². The van der Waals surface area contributed by atoms with Crippen LogP contribution in [0.15, 0.2) is 35.5 Å². The number of hydrogen-bond acceptors (Lipinski definition) is 5. The molecule has 0 amide bonds. The molecule has 2 aromatic rings. The molecule has 1 heterocycles. The molecule has 0 saturated carbocycles. The van der Waals surface area contributed by atoms with Gasteiger partial charge in [0, 0.05) is 18.8 Å². The molecule has 0 bridgehead atoms. The van der Waals surface area contributed by atoms with Crippen molar-refractivity contribution in [1.29, 1.82) is 0 Å². The van der Waals surface area contributed by atoms with Gasteiger partial charge in [-0.2, -0.15) is 5.10 Å². The zero-order valence-corrected chi connectivity index (χ0v) is 11.9. The Labute approximate surface area is 116 Å². The summed E-state index contributed by atoms with van der Waals surface area (Å²) in [4.78, 5) is 0.0474. The summed E-state index contributed by atoms with van der Waals surface area (Å²) in [6.07, 6.45) is 2.96. The number of anilines is 1. The number of sulfonamides is 1. The van der Waals surface area contributed by atoms with Gasteiger partial charge in [0.1, 0.15) is 5.75 Å². The predicted octanol–water partition coefficient (Wildman–Crippen LogP) is 0.722. The normalized spacial score (nSPS) is 11.3. The first-order valence-electron chi connectivity index (χ1n) is 5.75. The quantitative estimate of drug-likeness (QED) is 0.848. The minimum atomic E-state index is -3.73. The summed E-state index contributed by atoms with van der Waals surface area (Å²) in [5.74, 6) is 0.438. The molecule has 0 fully saturated rings. The number of nitrogens with zero attached hydrogens (tertiary/aromatic N) is 2. The molecule has 1 aromatic carbocycles. The number of aliphatic hydroxyl groups excluding tert-OH is 1. The van der Waals surface area contributed by atoms with E-state index in [2.05, 4.69) is 9.82 Å². The molecule has 7 nitrogen and oxygen atoms in total. The zero-order chi connectivity index (χ0) is 14.8. The van der Waals surface area contributed by atoms with Gasteiger partial charge >= 0.3 is 0 Å². The van der Waals surface area contributed by atoms with Gasteiger partial charge in [-0.15, -0.1) is 0 Å². The summed E-state index contributed by atoms with van der Waals surface area (Å²) in [6, 6.07) is 4.29. The fourth-order valence-corrected chi connectivity index (χ4v) is 2.81. The van der Waals surface area contributed by atoms with Crippen molar-refractivity contribution >= 4 is 15.7 Å². The van der Waals surface area contributed by atoms with Crippen LogP contribution in [0.3, 0.4) is 0 Å². The molecule has 2 N–H and O–H groups in total. The summed E-state index contributed by atoms with van der Waals surface area (Å²) in [6.45, 7) is -0.306. The van der Waals surface area contributed by atoms with Crippen LogP contribution in [-0.2, 0) is 23.7 Å². The number of nitrogens with one attached hydrogen (secondary N) is 1. The molecule has 0 unspecified atom stereocenters. The minimum Gasteiger partial charge on any atom is -0.496 e. The standard InChI is InChI=1S/C12H15N3O4S/c1-15-7-10(6-13-15)14-20(17,18)11-3-4-12(19-2)9(5-11)8-16/h3-7,14,16H,8H2,1-2H3. The highest BCUT2D eigenvalue weighted by Gasteiger charge is 2.17. The van der Waals surface area contributed by atoms with Crippen molar-refractivity contribution in [3.05, 3.63) is 36.2 Å². The average Bonchev–Trinajstić information content (AvgIpc) is 2.82. The maximum atomic E-state index is 12.2. The van der Waals surface area contributed by atoms with Gasteiger partial charge in [-0.1, -0.05) is 0 Å². The maximum Gasteiger partial charge on any atom is 0.262 e. The van der Waals surface area contributed by atoms with Crippen LogP contribution in [0.25, 0.3) is 0 Å². The van der Waals surface area contributed by atoms with E-state index in [0.29, 0.717) is 17.0 Å². The molecular formula is C12H15N3O4S. The molecule has 0 aliphatic heterocycles. The minimum absolute atomic E-state index is 0.0474. The molecule has 0 spiro atoms. The Morgan fingerprint density at radius 3 is 2.75 bits per heavy atom. The van der Waals surface area contributed by atoms with Gasteiger partial charge in [-0.05, 0) is 18.2 Å². The number of hydrogen-bond donors (Lipinski definition) is 2. The second-order valence-corrected chi connectivity index (χ2v) is 5.82. The van der Waals surface area contributed by atoms with Crippen LogP contribution in [0.1, 0.15) is 5.56 Å². The molecule has 8 heteroatoms. The summed E-state index contributed by atoms with van der Waals surface area (Å²) < 4.78 is 33.4. The molecule has 20 heavy (non-hydrogen) atoms. The topological polar surface area (TPSA) is 93.5 Å². The van der Waals surface area contributed by atoms with E-state index >= 15 is 0 Å². The van der Waals surface area contributed by atoms with Crippen molar-refractivity contribution in [2.75, 3.05) is 11.8 Å². The van der Waals surface area contributed by atoms with Crippen molar-refractivity contribution in [2.45, 2.75) is 11.5 Å². The van der Waals surface area contributed by atoms with Gasteiger partial charge in [0.05, 0.1) is 30.5 Å². The highest BCUT2D eigenvalue weighted by Crippen LogP contribution is 2.23. The molecule has 0 saturated heterocycles. The summed E-state index contributed by atoms with van der Waals surface area (Å²) in [7, 11) is -0.583. The van der Waals surface area contributed by atoms with E-state index < -0.39 is 10.0 Å². The van der Waals surface area contributed by atoms with E-state index in [1.807, 2.05) is 0 Å². The zero-order valence-electron chi connectivity index (χ0n) is 11.1. The average molecular weight is 297 g/mol. The van der Waals surface area contributed by atoms with Crippen molar-refractivity contribution in [3.63, 3.8) is 0 Å². The summed E-state index contributed by atoms with van der Waals surface area (Å²) in [5, 5.41) is 13.1. The second kappa shape index (κ2) is 5.51. The predicted molar refractivity (Wildman–Crippen MR) is 72.9 cm³/mol. The lowest BCUT2D eigenvalue weighted by Gasteiger charge is -2.10. The van der Waals surface area contributed by atoms with Crippen LogP contribution in [0.4, 0.5) is 5.69 Å². The Bertz CT molecular complexity index is 709. The molecule has 108 valence electrons. The number of ether oxygens (including phenoxy) is 1. The fraction of sp³-hybridized carbons (Fsp3) is 0.250.